The molecule has 1 aromatic carbocycles. The number of hydrogen-bond acceptors (Lipinski definition) is 3. The molecule has 1 aromatic rings. The van der Waals surface area contributed by atoms with Crippen LogP contribution < -0.4 is 10.6 Å². The van der Waals surface area contributed by atoms with Gasteiger partial charge in [0.25, 0.3) is 0 Å². The molecule has 0 amide bonds. The number of rotatable bonds is 6. The second-order valence-corrected chi connectivity index (χ2v) is 5.95. The van der Waals surface area contributed by atoms with Gasteiger partial charge in [-0.05, 0) is 23.6 Å². The predicted molar refractivity (Wildman–Crippen MR) is 91.0 cm³/mol. The molecule has 0 radical (unpaired) electrons. The molecule has 2 N–H and O–H groups in total. The maximum atomic E-state index is 12.9. The second kappa shape index (κ2) is 9.47. The van der Waals surface area contributed by atoms with E-state index in [1.165, 1.54) is 12.1 Å². The third-order valence-electron chi connectivity index (χ3n) is 3.89. The van der Waals surface area contributed by atoms with Gasteiger partial charge >= 0.3 is 0 Å². The number of nitrogens with one attached hydrogen (secondary N) is 2. The molecule has 0 aromatic heterocycles. The van der Waals surface area contributed by atoms with Gasteiger partial charge in [-0.3, -0.25) is 9.89 Å². The van der Waals surface area contributed by atoms with Crippen LogP contribution in [-0.4, -0.2) is 57.3 Å². The van der Waals surface area contributed by atoms with E-state index in [0.29, 0.717) is 12.5 Å². The monoisotopic (exact) mass is 322 g/mol. The average molecular weight is 322 g/mol. The lowest BCUT2D eigenvalue weighted by atomic mass is 10.1. The summed E-state index contributed by atoms with van der Waals surface area (Å²) >= 11 is 0. The fourth-order valence-corrected chi connectivity index (χ4v) is 2.57. The van der Waals surface area contributed by atoms with Crippen LogP contribution in [0.3, 0.4) is 0 Å². The fraction of sp³-hybridized carbons (Fsp3) is 0.588. The van der Waals surface area contributed by atoms with E-state index in [0.717, 1.165) is 50.9 Å². The van der Waals surface area contributed by atoms with Gasteiger partial charge in [0.05, 0.1) is 13.2 Å². The summed E-state index contributed by atoms with van der Waals surface area (Å²) < 4.78 is 18.3. The number of aliphatic imine (C=N–C) groups is 1. The van der Waals surface area contributed by atoms with E-state index < -0.39 is 0 Å². The Morgan fingerprint density at radius 3 is 2.61 bits per heavy atom. The molecule has 1 unspecified atom stereocenters. The zero-order valence-electron chi connectivity index (χ0n) is 14.0. The molecular formula is C17H27FN4O. The Morgan fingerprint density at radius 2 is 1.96 bits per heavy atom. The highest BCUT2D eigenvalue weighted by Crippen LogP contribution is 2.03. The molecule has 0 aliphatic carbocycles. The molecular weight excluding hydrogens is 295 g/mol. The van der Waals surface area contributed by atoms with Gasteiger partial charge < -0.3 is 15.4 Å². The van der Waals surface area contributed by atoms with Gasteiger partial charge in [-0.2, -0.15) is 0 Å². The van der Waals surface area contributed by atoms with E-state index in [2.05, 4.69) is 27.4 Å². The van der Waals surface area contributed by atoms with Gasteiger partial charge in [0, 0.05) is 39.8 Å². The van der Waals surface area contributed by atoms with Crippen LogP contribution in [0.1, 0.15) is 12.5 Å². The zero-order valence-corrected chi connectivity index (χ0v) is 14.0. The van der Waals surface area contributed by atoms with E-state index >= 15 is 0 Å². The van der Waals surface area contributed by atoms with Crippen molar-refractivity contribution in [3.63, 3.8) is 0 Å². The lowest BCUT2D eigenvalue weighted by molar-refractivity contribution is 0.0320. The Balaban J connectivity index is 1.68. The summed E-state index contributed by atoms with van der Waals surface area (Å²) in [6.07, 6.45) is 0. The van der Waals surface area contributed by atoms with Crippen LogP contribution in [0.25, 0.3) is 0 Å². The van der Waals surface area contributed by atoms with Crippen molar-refractivity contribution in [2.24, 2.45) is 10.9 Å². The molecule has 0 spiro atoms. The molecule has 5 nitrogen and oxygen atoms in total. The molecule has 0 saturated carbocycles. The van der Waals surface area contributed by atoms with Crippen LogP contribution >= 0.6 is 0 Å². The van der Waals surface area contributed by atoms with E-state index in [1.807, 2.05) is 0 Å². The first-order chi connectivity index (χ1) is 11.2. The largest absolute Gasteiger partial charge is 0.379 e. The van der Waals surface area contributed by atoms with Crippen LogP contribution in [0.4, 0.5) is 4.39 Å². The van der Waals surface area contributed by atoms with Crippen molar-refractivity contribution in [3.05, 3.63) is 35.6 Å². The minimum Gasteiger partial charge on any atom is -0.379 e. The zero-order chi connectivity index (χ0) is 16.5. The summed E-state index contributed by atoms with van der Waals surface area (Å²) in [5.74, 6) is 1.08. The molecule has 1 heterocycles. The van der Waals surface area contributed by atoms with Crippen molar-refractivity contribution in [2.45, 2.75) is 13.5 Å². The van der Waals surface area contributed by atoms with E-state index in [-0.39, 0.29) is 5.82 Å². The Labute approximate surface area is 137 Å². The third-order valence-corrected chi connectivity index (χ3v) is 3.89. The number of nitrogens with zero attached hydrogens (tertiary/aromatic N) is 2. The van der Waals surface area contributed by atoms with Crippen LogP contribution in [0.15, 0.2) is 29.3 Å². The highest BCUT2D eigenvalue weighted by atomic mass is 19.1. The van der Waals surface area contributed by atoms with Crippen LogP contribution in [0.5, 0.6) is 0 Å². The average Bonchev–Trinajstić information content (AvgIpc) is 2.57. The molecule has 1 fully saturated rings. The summed E-state index contributed by atoms with van der Waals surface area (Å²) in [6, 6.07) is 6.49. The first-order valence-electron chi connectivity index (χ1n) is 8.16. The molecule has 6 heteroatoms. The number of halogens is 1. The van der Waals surface area contributed by atoms with Crippen molar-refractivity contribution in [2.75, 3.05) is 46.4 Å². The van der Waals surface area contributed by atoms with E-state index in [9.17, 15) is 4.39 Å². The minimum absolute atomic E-state index is 0.215. The first-order valence-corrected chi connectivity index (χ1v) is 8.16. The van der Waals surface area contributed by atoms with E-state index in [4.69, 9.17) is 4.74 Å². The van der Waals surface area contributed by atoms with Crippen molar-refractivity contribution in [1.29, 1.82) is 0 Å². The molecule has 23 heavy (non-hydrogen) atoms. The van der Waals surface area contributed by atoms with Gasteiger partial charge in [0.1, 0.15) is 5.82 Å². The maximum absolute atomic E-state index is 12.9. The van der Waals surface area contributed by atoms with Crippen molar-refractivity contribution in [3.8, 4) is 0 Å². The van der Waals surface area contributed by atoms with Crippen LogP contribution in [0, 0.1) is 11.7 Å². The Kier molecular flexibility index (Phi) is 7.29. The summed E-state index contributed by atoms with van der Waals surface area (Å²) in [5.41, 5.74) is 1.02. The Hall–Kier alpha value is -1.66. The van der Waals surface area contributed by atoms with E-state index in [1.54, 1.807) is 19.2 Å². The maximum Gasteiger partial charge on any atom is 0.191 e. The van der Waals surface area contributed by atoms with Crippen molar-refractivity contribution < 1.29 is 9.13 Å². The lowest BCUT2D eigenvalue weighted by Gasteiger charge is -2.29. The summed E-state index contributed by atoms with van der Waals surface area (Å²) in [5, 5.41) is 6.59. The molecule has 2 rings (SSSR count). The summed E-state index contributed by atoms with van der Waals surface area (Å²) in [6.45, 7) is 8.48. The first kappa shape index (κ1) is 17.7. The number of benzene rings is 1. The lowest BCUT2D eigenvalue weighted by Crippen LogP contribution is -2.43. The molecule has 128 valence electrons. The summed E-state index contributed by atoms with van der Waals surface area (Å²) in [4.78, 5) is 6.66. The van der Waals surface area contributed by atoms with Gasteiger partial charge in [0.2, 0.25) is 0 Å². The topological polar surface area (TPSA) is 48.9 Å². The predicted octanol–water partition coefficient (Wildman–Crippen LogP) is 1.46. The molecule has 1 aliphatic rings. The highest BCUT2D eigenvalue weighted by molar-refractivity contribution is 5.79. The number of morpholine rings is 1. The SMILES string of the molecule is CN=C(NCc1ccc(F)cc1)NCC(C)CN1CCOCC1. The standard InChI is InChI=1S/C17H27FN4O/c1-14(13-22-7-9-23-10-8-22)11-20-17(19-2)21-12-15-3-5-16(18)6-4-15/h3-6,14H,7-13H2,1-2H3,(H2,19,20,21). The highest BCUT2D eigenvalue weighted by Gasteiger charge is 2.13. The second-order valence-electron chi connectivity index (χ2n) is 5.95. The molecule has 0 bridgehead atoms. The number of ether oxygens (including phenoxy) is 1. The fourth-order valence-electron chi connectivity index (χ4n) is 2.57. The Bertz CT molecular complexity index is 486. The van der Waals surface area contributed by atoms with Gasteiger partial charge in [-0.1, -0.05) is 19.1 Å². The summed E-state index contributed by atoms with van der Waals surface area (Å²) in [7, 11) is 1.76. The normalized spacial score (nSPS) is 17.8. The molecule has 1 saturated heterocycles. The number of hydrogen-bond donors (Lipinski definition) is 2. The van der Waals surface area contributed by atoms with Gasteiger partial charge in [-0.15, -0.1) is 0 Å². The molecule has 1 atom stereocenters. The van der Waals surface area contributed by atoms with Gasteiger partial charge in [0.15, 0.2) is 5.96 Å². The quantitative estimate of drug-likeness (QED) is 0.615. The number of guanidine groups is 1. The van der Waals surface area contributed by atoms with Gasteiger partial charge in [-0.25, -0.2) is 4.39 Å². The van der Waals surface area contributed by atoms with Crippen molar-refractivity contribution in [1.82, 2.24) is 15.5 Å². The third kappa shape index (κ3) is 6.54. The minimum atomic E-state index is -0.215. The van der Waals surface area contributed by atoms with Crippen LogP contribution in [0.2, 0.25) is 0 Å². The smallest absolute Gasteiger partial charge is 0.191 e. The van der Waals surface area contributed by atoms with Crippen molar-refractivity contribution >= 4 is 5.96 Å². The van der Waals surface area contributed by atoms with Crippen LogP contribution in [-0.2, 0) is 11.3 Å². The molecule has 1 aliphatic heterocycles. The Morgan fingerprint density at radius 1 is 1.26 bits per heavy atom.